The van der Waals surface area contributed by atoms with Crippen molar-refractivity contribution in [3.8, 4) is 5.75 Å². The van der Waals surface area contributed by atoms with Crippen molar-refractivity contribution in [1.82, 2.24) is 0 Å². The van der Waals surface area contributed by atoms with Gasteiger partial charge in [-0.05, 0) is 62.4 Å². The van der Waals surface area contributed by atoms with Crippen LogP contribution in [0.2, 0.25) is 18.1 Å². The molecule has 0 radical (unpaired) electrons. The van der Waals surface area contributed by atoms with E-state index in [1.165, 1.54) is 5.57 Å². The quantitative estimate of drug-likeness (QED) is 0.223. The van der Waals surface area contributed by atoms with Gasteiger partial charge in [0.1, 0.15) is 5.75 Å². The molecule has 1 aliphatic heterocycles. The molecule has 0 N–H and O–H groups in total. The first kappa shape index (κ1) is 30.1. The lowest BCUT2D eigenvalue weighted by atomic mass is 9.75. The maximum absolute atomic E-state index is 7.18. The van der Waals surface area contributed by atoms with Crippen LogP contribution in [0.15, 0.2) is 36.4 Å². The highest BCUT2D eigenvalue weighted by atomic mass is 28.4. The third-order valence-electron chi connectivity index (χ3n) is 8.09. The second-order valence-electron chi connectivity index (χ2n) is 13.0. The third kappa shape index (κ3) is 7.92. The predicted octanol–water partition coefficient (Wildman–Crippen LogP) is 8.54. The van der Waals surface area contributed by atoms with E-state index in [1.807, 2.05) is 24.3 Å². The summed E-state index contributed by atoms with van der Waals surface area (Å²) in [6.07, 6.45) is 3.11. The van der Waals surface area contributed by atoms with Crippen molar-refractivity contribution in [2.45, 2.75) is 111 Å². The fraction of sp³-hybridized carbons (Fsp3) is 0.733. The first-order chi connectivity index (χ1) is 16.1. The van der Waals surface area contributed by atoms with Gasteiger partial charge in [0.25, 0.3) is 0 Å². The van der Waals surface area contributed by atoms with Gasteiger partial charge < -0.3 is 18.6 Å². The molecule has 0 aromatic heterocycles. The molecule has 0 unspecified atom stereocenters. The highest BCUT2D eigenvalue weighted by Crippen LogP contribution is 2.45. The molecular weight excluding hydrogens is 452 g/mol. The van der Waals surface area contributed by atoms with Crippen molar-refractivity contribution in [3.05, 3.63) is 42.0 Å². The molecule has 1 aliphatic rings. The van der Waals surface area contributed by atoms with Crippen molar-refractivity contribution >= 4 is 8.32 Å². The molecule has 2 rings (SSSR count). The Balaban J connectivity index is 2.31. The summed E-state index contributed by atoms with van der Waals surface area (Å²) in [7, 11) is -0.291. The SMILES string of the molecule is C=C(C)CCC[C@H](C)[C@H](O[Si](C)(C)C(C)(C)C)[C@@H](C)[C@H]1O[C@@H](c2ccc(OC)cc2)OCC1(C)C. The molecule has 35 heavy (non-hydrogen) atoms. The summed E-state index contributed by atoms with van der Waals surface area (Å²) < 4.78 is 25.5. The van der Waals surface area contributed by atoms with Crippen LogP contribution < -0.4 is 4.74 Å². The van der Waals surface area contributed by atoms with Crippen molar-refractivity contribution in [1.29, 1.82) is 0 Å². The summed E-state index contributed by atoms with van der Waals surface area (Å²) >= 11 is 0. The minimum absolute atomic E-state index is 0.0155. The largest absolute Gasteiger partial charge is 0.497 e. The van der Waals surface area contributed by atoms with Gasteiger partial charge >= 0.3 is 0 Å². The molecule has 1 fully saturated rings. The van der Waals surface area contributed by atoms with Crippen LogP contribution >= 0.6 is 0 Å². The van der Waals surface area contributed by atoms with Crippen LogP contribution in [-0.2, 0) is 13.9 Å². The van der Waals surface area contributed by atoms with Crippen LogP contribution in [0.5, 0.6) is 5.75 Å². The molecule has 0 amide bonds. The third-order valence-corrected chi connectivity index (χ3v) is 12.6. The Morgan fingerprint density at radius 1 is 1.17 bits per heavy atom. The molecule has 0 saturated carbocycles. The second kappa shape index (κ2) is 11.9. The summed E-state index contributed by atoms with van der Waals surface area (Å²) in [4.78, 5) is 0. The van der Waals surface area contributed by atoms with Crippen molar-refractivity contribution in [2.75, 3.05) is 13.7 Å². The molecule has 1 aromatic carbocycles. The lowest BCUT2D eigenvalue weighted by molar-refractivity contribution is -0.282. The van der Waals surface area contributed by atoms with Gasteiger partial charge in [-0.1, -0.05) is 66.2 Å². The molecule has 0 bridgehead atoms. The van der Waals surface area contributed by atoms with E-state index in [1.54, 1.807) is 7.11 Å². The zero-order chi connectivity index (χ0) is 26.6. The van der Waals surface area contributed by atoms with Crippen LogP contribution in [0.3, 0.4) is 0 Å². The Labute approximate surface area is 216 Å². The summed E-state index contributed by atoms with van der Waals surface area (Å²) in [6.45, 7) is 27.8. The van der Waals surface area contributed by atoms with Crippen LogP contribution in [0.4, 0.5) is 0 Å². The molecule has 1 saturated heterocycles. The van der Waals surface area contributed by atoms with Crippen LogP contribution in [0, 0.1) is 17.3 Å². The Morgan fingerprint density at radius 2 is 1.77 bits per heavy atom. The van der Waals surface area contributed by atoms with E-state index in [9.17, 15) is 0 Å². The fourth-order valence-electron chi connectivity index (χ4n) is 4.82. The maximum atomic E-state index is 7.18. The number of ether oxygens (including phenoxy) is 3. The first-order valence-electron chi connectivity index (χ1n) is 13.3. The van der Waals surface area contributed by atoms with Gasteiger partial charge in [0.2, 0.25) is 0 Å². The van der Waals surface area contributed by atoms with E-state index < -0.39 is 8.32 Å². The van der Waals surface area contributed by atoms with Crippen molar-refractivity contribution < 1.29 is 18.6 Å². The Hall–Kier alpha value is -1.14. The molecule has 1 heterocycles. The number of hydrogen-bond donors (Lipinski definition) is 0. The molecule has 5 heteroatoms. The molecule has 1 aromatic rings. The summed E-state index contributed by atoms with van der Waals surface area (Å²) in [6, 6.07) is 8.00. The Morgan fingerprint density at radius 3 is 2.29 bits per heavy atom. The Kier molecular flexibility index (Phi) is 10.3. The average molecular weight is 505 g/mol. The molecule has 0 aliphatic carbocycles. The molecule has 200 valence electrons. The van der Waals surface area contributed by atoms with E-state index in [-0.39, 0.29) is 34.9 Å². The molecule has 5 atom stereocenters. The monoisotopic (exact) mass is 504 g/mol. The van der Waals surface area contributed by atoms with Gasteiger partial charge in [-0.3, -0.25) is 0 Å². The van der Waals surface area contributed by atoms with E-state index >= 15 is 0 Å². The number of rotatable bonds is 11. The minimum atomic E-state index is -1.97. The fourth-order valence-corrected chi connectivity index (χ4v) is 6.30. The Bertz CT molecular complexity index is 809. The van der Waals surface area contributed by atoms with Gasteiger partial charge in [0, 0.05) is 16.9 Å². The topological polar surface area (TPSA) is 36.9 Å². The van der Waals surface area contributed by atoms with Gasteiger partial charge in [0.05, 0.1) is 25.9 Å². The first-order valence-corrected chi connectivity index (χ1v) is 16.2. The number of hydrogen-bond acceptors (Lipinski definition) is 4. The van der Waals surface area contributed by atoms with E-state index in [4.69, 9.17) is 18.6 Å². The molecule has 0 spiro atoms. The lowest BCUT2D eigenvalue weighted by Crippen LogP contribution is -2.54. The standard InChI is InChI=1S/C30H52O4Si/c1-21(2)14-13-15-22(3)26(34-35(11,12)29(5,6)7)23(4)27-30(8,9)20-32-28(33-27)24-16-18-25(31-10)19-17-24/h16-19,22-23,26-28H,1,13-15,20H2,2-12H3/t22-,23+,26-,27+,28-/m0/s1. The van der Waals surface area contributed by atoms with Gasteiger partial charge in [-0.15, -0.1) is 6.58 Å². The van der Waals surface area contributed by atoms with E-state index in [0.29, 0.717) is 12.5 Å². The highest BCUT2D eigenvalue weighted by molar-refractivity contribution is 6.74. The van der Waals surface area contributed by atoms with Gasteiger partial charge in [-0.2, -0.15) is 0 Å². The second-order valence-corrected chi connectivity index (χ2v) is 17.7. The normalized spacial score (nSPS) is 23.4. The van der Waals surface area contributed by atoms with E-state index in [2.05, 4.69) is 75.1 Å². The van der Waals surface area contributed by atoms with Gasteiger partial charge in [-0.25, -0.2) is 0 Å². The van der Waals surface area contributed by atoms with Crippen LogP contribution in [0.25, 0.3) is 0 Å². The molecule has 4 nitrogen and oxygen atoms in total. The highest BCUT2D eigenvalue weighted by Gasteiger charge is 2.48. The minimum Gasteiger partial charge on any atom is -0.497 e. The van der Waals surface area contributed by atoms with Crippen molar-refractivity contribution in [2.24, 2.45) is 17.3 Å². The smallest absolute Gasteiger partial charge is 0.192 e. The lowest BCUT2D eigenvalue weighted by Gasteiger charge is -2.49. The van der Waals surface area contributed by atoms with Crippen LogP contribution in [-0.4, -0.2) is 34.2 Å². The maximum Gasteiger partial charge on any atom is 0.192 e. The number of benzene rings is 1. The van der Waals surface area contributed by atoms with E-state index in [0.717, 1.165) is 30.6 Å². The van der Waals surface area contributed by atoms with Crippen LogP contribution in [0.1, 0.15) is 86.5 Å². The van der Waals surface area contributed by atoms with Gasteiger partial charge in [0.15, 0.2) is 14.6 Å². The number of allylic oxidation sites excluding steroid dienone is 1. The predicted molar refractivity (Wildman–Crippen MR) is 149 cm³/mol. The van der Waals surface area contributed by atoms with Crippen molar-refractivity contribution in [3.63, 3.8) is 0 Å². The summed E-state index contributed by atoms with van der Waals surface area (Å²) in [5, 5.41) is 0.153. The average Bonchev–Trinajstić information content (AvgIpc) is 2.76. The zero-order valence-electron chi connectivity index (χ0n) is 24.4. The summed E-state index contributed by atoms with van der Waals surface area (Å²) in [5.74, 6) is 1.49. The number of methoxy groups -OCH3 is 1. The summed E-state index contributed by atoms with van der Waals surface area (Å²) in [5.41, 5.74) is 2.16. The zero-order valence-corrected chi connectivity index (χ0v) is 25.4. The molecular formula is C30H52O4Si.